The lowest BCUT2D eigenvalue weighted by Gasteiger charge is -2.20. The van der Waals surface area contributed by atoms with Crippen LogP contribution in [0.15, 0.2) is 58.1 Å². The molecule has 0 bridgehead atoms. The molecule has 7 nitrogen and oxygen atoms in total. The molecule has 0 fully saturated rings. The number of aliphatic imine (C=N–C) groups is 1. The van der Waals surface area contributed by atoms with Crippen LogP contribution in [0.5, 0.6) is 11.5 Å². The molecule has 2 aliphatic heterocycles. The molecule has 2 aromatic carbocycles. The number of amides is 1. The highest BCUT2D eigenvalue weighted by atomic mass is 32.2. The number of hydrazone groups is 1. The van der Waals surface area contributed by atoms with Crippen molar-refractivity contribution >= 4 is 39.8 Å². The second-order valence-corrected chi connectivity index (χ2v) is 7.59. The smallest absolute Gasteiger partial charge is 0.283 e. The highest BCUT2D eigenvalue weighted by Crippen LogP contribution is 2.32. The molecule has 0 aromatic heterocycles. The number of ether oxygens (including phenoxy) is 2. The average molecular weight is 424 g/mol. The second kappa shape index (κ2) is 8.11. The number of nitrogens with zero attached hydrogens (tertiary/aromatic N) is 3. The fourth-order valence-electron chi connectivity index (χ4n) is 2.92. The number of benzene rings is 2. The molecule has 1 N–H and O–H groups in total. The zero-order valence-electron chi connectivity index (χ0n) is 16.2. The minimum absolute atomic E-state index is 0.0341. The summed E-state index contributed by atoms with van der Waals surface area (Å²) >= 11 is 1.25. The van der Waals surface area contributed by atoms with E-state index in [-0.39, 0.29) is 23.8 Å². The van der Waals surface area contributed by atoms with Crippen LogP contribution in [0.25, 0.3) is 6.08 Å². The first kappa shape index (κ1) is 19.8. The standard InChI is InChI=1S/C21H17FN4O3S/c1-12-25-26-19(23)15(20(27)24-21(26)30-12)9-13-7-8-17(18(10-13)28-2)29-11-14-5-3-4-6-16(14)22/h3-10,23H,11H2,1-2H3. The Balaban J connectivity index is 1.58. The molecule has 0 aliphatic carbocycles. The summed E-state index contributed by atoms with van der Waals surface area (Å²) in [7, 11) is 1.49. The number of hydrogen-bond donors (Lipinski definition) is 1. The monoisotopic (exact) mass is 424 g/mol. The SMILES string of the molecule is COc1cc(C=C2C(=N)N3N=C(C)SC3=NC2=O)ccc1OCc1ccccc1F. The first-order chi connectivity index (χ1) is 14.5. The van der Waals surface area contributed by atoms with Gasteiger partial charge in [-0.15, -0.1) is 0 Å². The Labute approximate surface area is 176 Å². The summed E-state index contributed by atoms with van der Waals surface area (Å²) in [5.74, 6) is -0.0181. The molecular weight excluding hydrogens is 407 g/mol. The molecule has 152 valence electrons. The maximum Gasteiger partial charge on any atom is 0.283 e. The number of hydrogen-bond acceptors (Lipinski definition) is 6. The quantitative estimate of drug-likeness (QED) is 0.732. The van der Waals surface area contributed by atoms with Crippen molar-refractivity contribution in [2.75, 3.05) is 7.11 Å². The normalized spacial score (nSPS) is 17.0. The van der Waals surface area contributed by atoms with Gasteiger partial charge in [-0.3, -0.25) is 10.2 Å². The van der Waals surface area contributed by atoms with Crippen molar-refractivity contribution in [1.29, 1.82) is 5.41 Å². The van der Waals surface area contributed by atoms with Crippen LogP contribution in [0.1, 0.15) is 18.1 Å². The lowest BCUT2D eigenvalue weighted by molar-refractivity contribution is -0.114. The van der Waals surface area contributed by atoms with Crippen LogP contribution in [0.3, 0.4) is 0 Å². The Morgan fingerprint density at radius 1 is 1.23 bits per heavy atom. The van der Waals surface area contributed by atoms with Crippen LogP contribution in [-0.2, 0) is 11.4 Å². The van der Waals surface area contributed by atoms with Gasteiger partial charge in [0.25, 0.3) is 5.91 Å². The Kier molecular flexibility index (Phi) is 5.37. The zero-order chi connectivity index (χ0) is 21.3. The van der Waals surface area contributed by atoms with E-state index in [1.165, 1.54) is 29.9 Å². The third kappa shape index (κ3) is 3.84. The number of carbonyl (C=O) groups is 1. The van der Waals surface area contributed by atoms with Crippen LogP contribution in [0.2, 0.25) is 0 Å². The lowest BCUT2D eigenvalue weighted by atomic mass is 10.1. The number of methoxy groups -OCH3 is 1. The Morgan fingerprint density at radius 2 is 2.03 bits per heavy atom. The van der Waals surface area contributed by atoms with Gasteiger partial charge in [-0.05, 0) is 48.5 Å². The molecule has 0 radical (unpaired) electrons. The van der Waals surface area contributed by atoms with Gasteiger partial charge in [0.15, 0.2) is 17.3 Å². The number of fused-ring (bicyclic) bond motifs is 1. The third-order valence-electron chi connectivity index (χ3n) is 4.40. The van der Waals surface area contributed by atoms with Crippen molar-refractivity contribution in [2.24, 2.45) is 10.1 Å². The van der Waals surface area contributed by atoms with E-state index in [1.807, 2.05) is 0 Å². The first-order valence-electron chi connectivity index (χ1n) is 8.97. The number of nitrogens with one attached hydrogen (secondary N) is 1. The van der Waals surface area contributed by atoms with Gasteiger partial charge in [0, 0.05) is 5.56 Å². The van der Waals surface area contributed by atoms with E-state index < -0.39 is 5.91 Å². The van der Waals surface area contributed by atoms with Crippen molar-refractivity contribution in [1.82, 2.24) is 5.01 Å². The summed E-state index contributed by atoms with van der Waals surface area (Å²) in [6.07, 6.45) is 1.56. The van der Waals surface area contributed by atoms with E-state index in [2.05, 4.69) is 10.1 Å². The third-order valence-corrected chi connectivity index (χ3v) is 5.22. The largest absolute Gasteiger partial charge is 0.493 e. The molecule has 4 rings (SSSR count). The Hall–Kier alpha value is -3.46. The van der Waals surface area contributed by atoms with Crippen LogP contribution in [0, 0.1) is 11.2 Å². The predicted octanol–water partition coefficient (Wildman–Crippen LogP) is 4.05. The molecule has 30 heavy (non-hydrogen) atoms. The maximum absolute atomic E-state index is 13.8. The molecule has 1 amide bonds. The average Bonchev–Trinajstić information content (AvgIpc) is 3.11. The van der Waals surface area contributed by atoms with E-state index in [0.29, 0.717) is 32.8 Å². The van der Waals surface area contributed by atoms with Gasteiger partial charge < -0.3 is 9.47 Å². The number of thioether (sulfide) groups is 1. The number of amidine groups is 2. The molecule has 0 atom stereocenters. The van der Waals surface area contributed by atoms with Crippen LogP contribution < -0.4 is 9.47 Å². The summed E-state index contributed by atoms with van der Waals surface area (Å²) in [6, 6.07) is 11.5. The molecular formula is C21H17FN4O3S. The van der Waals surface area contributed by atoms with Gasteiger partial charge in [0.1, 0.15) is 12.4 Å². The number of halogens is 1. The van der Waals surface area contributed by atoms with Crippen molar-refractivity contribution in [3.05, 3.63) is 65.0 Å². The fraction of sp³-hybridized carbons (Fsp3) is 0.143. The summed E-state index contributed by atoms with van der Waals surface area (Å²) in [5, 5.41) is 15.0. The van der Waals surface area contributed by atoms with E-state index in [9.17, 15) is 9.18 Å². The summed E-state index contributed by atoms with van der Waals surface area (Å²) in [4.78, 5) is 16.4. The topological polar surface area (TPSA) is 87.3 Å². The van der Waals surface area contributed by atoms with Crippen LogP contribution in [0.4, 0.5) is 4.39 Å². The minimum atomic E-state index is -0.498. The van der Waals surface area contributed by atoms with Gasteiger partial charge in [-0.1, -0.05) is 24.3 Å². The van der Waals surface area contributed by atoms with E-state index in [1.54, 1.807) is 49.4 Å². The van der Waals surface area contributed by atoms with Crippen molar-refractivity contribution < 1.29 is 18.7 Å². The van der Waals surface area contributed by atoms with E-state index in [4.69, 9.17) is 14.9 Å². The van der Waals surface area contributed by atoms with E-state index >= 15 is 0 Å². The number of rotatable bonds is 5. The molecule has 2 aromatic rings. The molecule has 0 unspecified atom stereocenters. The predicted molar refractivity (Wildman–Crippen MR) is 114 cm³/mol. The van der Waals surface area contributed by atoms with Gasteiger partial charge >= 0.3 is 0 Å². The van der Waals surface area contributed by atoms with Gasteiger partial charge in [-0.25, -0.2) is 4.39 Å². The first-order valence-corrected chi connectivity index (χ1v) is 9.79. The minimum Gasteiger partial charge on any atom is -0.493 e. The molecule has 0 saturated carbocycles. The fourth-order valence-corrected chi connectivity index (χ4v) is 3.65. The van der Waals surface area contributed by atoms with Crippen molar-refractivity contribution in [3.63, 3.8) is 0 Å². The zero-order valence-corrected chi connectivity index (χ0v) is 17.0. The molecule has 2 aliphatic rings. The van der Waals surface area contributed by atoms with Crippen molar-refractivity contribution in [2.45, 2.75) is 13.5 Å². The van der Waals surface area contributed by atoms with Crippen LogP contribution in [-0.4, -0.2) is 34.1 Å². The van der Waals surface area contributed by atoms with Gasteiger partial charge in [0.2, 0.25) is 5.17 Å². The van der Waals surface area contributed by atoms with Crippen LogP contribution >= 0.6 is 11.8 Å². The van der Waals surface area contributed by atoms with Crippen molar-refractivity contribution in [3.8, 4) is 11.5 Å². The van der Waals surface area contributed by atoms with Gasteiger partial charge in [-0.2, -0.15) is 15.1 Å². The highest BCUT2D eigenvalue weighted by molar-refractivity contribution is 8.26. The van der Waals surface area contributed by atoms with E-state index in [0.717, 1.165) is 0 Å². The maximum atomic E-state index is 13.8. The molecule has 9 heteroatoms. The number of carbonyl (C=O) groups excluding carboxylic acids is 1. The second-order valence-electron chi connectivity index (χ2n) is 6.43. The Morgan fingerprint density at radius 3 is 2.80 bits per heavy atom. The lowest BCUT2D eigenvalue weighted by Crippen LogP contribution is -2.35. The molecule has 0 saturated heterocycles. The highest BCUT2D eigenvalue weighted by Gasteiger charge is 2.34. The summed E-state index contributed by atoms with van der Waals surface area (Å²) < 4.78 is 24.9. The molecule has 2 heterocycles. The summed E-state index contributed by atoms with van der Waals surface area (Å²) in [6.45, 7) is 1.84. The molecule has 0 spiro atoms. The Bertz CT molecular complexity index is 1140. The van der Waals surface area contributed by atoms with Gasteiger partial charge in [0.05, 0.1) is 17.7 Å². The summed E-state index contributed by atoms with van der Waals surface area (Å²) in [5.41, 5.74) is 1.18.